The molecule has 0 rings (SSSR count). The van der Waals surface area contributed by atoms with Crippen molar-refractivity contribution in [2.24, 2.45) is 0 Å². The molecule has 0 bridgehead atoms. The fraction of sp³-hybridized carbons (Fsp3) is 0. The summed E-state index contributed by atoms with van der Waals surface area (Å²) < 4.78 is 39.0. The van der Waals surface area contributed by atoms with Crippen LogP contribution in [0.25, 0.3) is 0 Å². The van der Waals surface area contributed by atoms with Crippen LogP contribution in [-0.4, -0.2) is 22.8 Å². The van der Waals surface area contributed by atoms with Crippen molar-refractivity contribution < 1.29 is 31.3 Å². The molecule has 9 nitrogen and oxygen atoms in total. The average Bonchev–Trinajstić information content (AvgIpc) is 1.14. The van der Waals surface area contributed by atoms with Gasteiger partial charge in [-0.3, -0.25) is 4.55 Å². The zero-order chi connectivity index (χ0) is 7.71. The van der Waals surface area contributed by atoms with E-state index in [0.717, 1.165) is 0 Å². The van der Waals surface area contributed by atoms with E-state index in [1.807, 2.05) is 0 Å². The van der Waals surface area contributed by atoms with Crippen LogP contribution in [0.3, 0.4) is 0 Å². The lowest BCUT2D eigenvalue weighted by atomic mass is 14.0. The molecule has 72 valence electrons. The first kappa shape index (κ1) is 17.1. The fourth-order valence-electron chi connectivity index (χ4n) is 0.123. The fourth-order valence-corrected chi connectivity index (χ4v) is 1.10. The van der Waals surface area contributed by atoms with E-state index in [9.17, 15) is 13.0 Å². The van der Waals surface area contributed by atoms with E-state index in [2.05, 4.69) is 3.97 Å². The Balaban J connectivity index is -0.000000320. The van der Waals surface area contributed by atoms with Crippen molar-refractivity contribution in [2.75, 3.05) is 0 Å². The van der Waals surface area contributed by atoms with E-state index < -0.39 is 18.2 Å². The quantitative estimate of drug-likeness (QED) is 0.288. The maximum Gasteiger partial charge on any atom is 0.486 e. The van der Waals surface area contributed by atoms with E-state index in [1.165, 1.54) is 0 Å². The first-order valence-corrected chi connectivity index (χ1v) is 4.34. The zero-order valence-electron chi connectivity index (χ0n) is 5.24. The van der Waals surface area contributed by atoms with Gasteiger partial charge in [0.15, 0.2) is 0 Å². The predicted octanol–water partition coefficient (Wildman–Crippen LogP) is -0.778. The molecule has 11 heavy (non-hydrogen) atoms. The molecular formula is H9N2O7PS. The molecule has 0 aromatic carbocycles. The van der Waals surface area contributed by atoms with Gasteiger partial charge in [0.1, 0.15) is 0 Å². The third-order valence-corrected chi connectivity index (χ3v) is 1.72. The Labute approximate surface area is 62.7 Å². The lowest BCUT2D eigenvalue weighted by Crippen LogP contribution is -2.00. The summed E-state index contributed by atoms with van der Waals surface area (Å²) in [4.78, 5) is 15.4. The summed E-state index contributed by atoms with van der Waals surface area (Å²) in [6.07, 6.45) is 0. The average molecular weight is 212 g/mol. The normalized spacial score (nSPS) is 11.2. The van der Waals surface area contributed by atoms with Crippen molar-refractivity contribution in [3.63, 3.8) is 0 Å². The number of phosphoric acid groups is 1. The zero-order valence-corrected chi connectivity index (χ0v) is 6.96. The SMILES string of the molecule is N.N.O=P(O)(O)OS(=O)(=O)O. The predicted molar refractivity (Wildman–Crippen MR) is 34.7 cm³/mol. The van der Waals surface area contributed by atoms with Gasteiger partial charge in [0.05, 0.1) is 0 Å². The van der Waals surface area contributed by atoms with Crippen LogP contribution in [-0.2, 0) is 18.9 Å². The summed E-state index contributed by atoms with van der Waals surface area (Å²) in [7, 11) is -10.2. The van der Waals surface area contributed by atoms with Crippen LogP contribution >= 0.6 is 7.82 Å². The monoisotopic (exact) mass is 212 g/mol. The van der Waals surface area contributed by atoms with Gasteiger partial charge in [0.25, 0.3) is 0 Å². The van der Waals surface area contributed by atoms with Gasteiger partial charge < -0.3 is 22.1 Å². The Hall–Kier alpha value is -0.0600. The summed E-state index contributed by atoms with van der Waals surface area (Å²) in [6, 6.07) is 0. The summed E-state index contributed by atoms with van der Waals surface area (Å²) in [5, 5.41) is 0. The Kier molecular flexibility index (Phi) is 7.40. The van der Waals surface area contributed by atoms with Crippen LogP contribution < -0.4 is 12.3 Å². The molecule has 0 aliphatic heterocycles. The minimum Gasteiger partial charge on any atom is -0.344 e. The molecule has 0 fully saturated rings. The molecule has 0 amide bonds. The summed E-state index contributed by atoms with van der Waals surface area (Å²) in [6.45, 7) is 0. The third-order valence-electron chi connectivity index (χ3n) is 0.191. The summed E-state index contributed by atoms with van der Waals surface area (Å²) >= 11 is 0. The topological polar surface area (TPSA) is 191 Å². The Morgan fingerprint density at radius 3 is 1.45 bits per heavy atom. The molecule has 0 saturated carbocycles. The molecule has 0 spiro atoms. The highest BCUT2D eigenvalue weighted by Crippen LogP contribution is 2.37. The Morgan fingerprint density at radius 1 is 1.18 bits per heavy atom. The van der Waals surface area contributed by atoms with Gasteiger partial charge in [-0.05, 0) is 0 Å². The second kappa shape index (κ2) is 4.74. The lowest BCUT2D eigenvalue weighted by Gasteiger charge is -1.97. The Morgan fingerprint density at radius 2 is 1.45 bits per heavy atom. The molecule has 0 unspecified atom stereocenters. The number of hydrogen-bond donors (Lipinski definition) is 5. The largest absolute Gasteiger partial charge is 0.486 e. The van der Waals surface area contributed by atoms with E-state index >= 15 is 0 Å². The molecule has 0 aromatic heterocycles. The molecule has 9 N–H and O–H groups in total. The van der Waals surface area contributed by atoms with Gasteiger partial charge in [0.2, 0.25) is 0 Å². The van der Waals surface area contributed by atoms with Gasteiger partial charge in [-0.1, -0.05) is 0 Å². The van der Waals surface area contributed by atoms with Crippen molar-refractivity contribution in [3.8, 4) is 0 Å². The van der Waals surface area contributed by atoms with Gasteiger partial charge in [-0.15, -0.1) is 3.97 Å². The van der Waals surface area contributed by atoms with E-state index in [4.69, 9.17) is 14.3 Å². The van der Waals surface area contributed by atoms with Crippen LogP contribution in [0.4, 0.5) is 0 Å². The molecule has 11 heteroatoms. The molecule has 0 radical (unpaired) electrons. The van der Waals surface area contributed by atoms with Crippen LogP contribution in [0.5, 0.6) is 0 Å². The van der Waals surface area contributed by atoms with Crippen LogP contribution in [0.15, 0.2) is 0 Å². The highest BCUT2D eigenvalue weighted by Gasteiger charge is 2.22. The maximum atomic E-state index is 9.58. The second-order valence-corrected chi connectivity index (χ2v) is 3.43. The minimum absolute atomic E-state index is 0. The van der Waals surface area contributed by atoms with Gasteiger partial charge >= 0.3 is 18.2 Å². The van der Waals surface area contributed by atoms with Crippen molar-refractivity contribution >= 4 is 18.2 Å². The van der Waals surface area contributed by atoms with Crippen molar-refractivity contribution in [1.82, 2.24) is 12.3 Å². The van der Waals surface area contributed by atoms with Crippen molar-refractivity contribution in [1.29, 1.82) is 0 Å². The molecule has 0 atom stereocenters. The highest BCUT2D eigenvalue weighted by molar-refractivity contribution is 7.85. The summed E-state index contributed by atoms with van der Waals surface area (Å²) in [5.74, 6) is 0. The summed E-state index contributed by atoms with van der Waals surface area (Å²) in [5.41, 5.74) is 0. The molecular weight excluding hydrogens is 203 g/mol. The molecule has 0 aliphatic rings. The second-order valence-electron chi connectivity index (χ2n) is 0.993. The first-order chi connectivity index (χ1) is 3.71. The highest BCUT2D eigenvalue weighted by atomic mass is 32.3. The van der Waals surface area contributed by atoms with E-state index in [0.29, 0.717) is 0 Å². The number of hydrogen-bond acceptors (Lipinski definition) is 6. The van der Waals surface area contributed by atoms with Crippen molar-refractivity contribution in [2.45, 2.75) is 0 Å². The third kappa shape index (κ3) is 17.8. The maximum absolute atomic E-state index is 9.58. The van der Waals surface area contributed by atoms with E-state index in [-0.39, 0.29) is 12.3 Å². The van der Waals surface area contributed by atoms with Gasteiger partial charge in [0, 0.05) is 0 Å². The number of rotatable bonds is 2. The molecule has 0 heterocycles. The Bertz CT molecular complexity index is 223. The minimum atomic E-state index is -5.13. The smallest absolute Gasteiger partial charge is 0.344 e. The van der Waals surface area contributed by atoms with Crippen LogP contribution in [0, 0.1) is 0 Å². The van der Waals surface area contributed by atoms with Gasteiger partial charge in [-0.25, -0.2) is 4.57 Å². The van der Waals surface area contributed by atoms with Gasteiger partial charge in [-0.2, -0.15) is 8.42 Å². The van der Waals surface area contributed by atoms with E-state index in [1.54, 1.807) is 0 Å². The molecule has 0 saturated heterocycles. The standard InChI is InChI=1S/2H3N.H3O7PS/c;;1-8(2,3)7-9(4,5)6/h2*1H3;(H2,1,2,3)(H,4,5,6). The van der Waals surface area contributed by atoms with Crippen molar-refractivity contribution in [3.05, 3.63) is 0 Å². The molecule has 0 aliphatic carbocycles. The first-order valence-electron chi connectivity index (χ1n) is 1.45. The van der Waals surface area contributed by atoms with Crippen LogP contribution in [0.1, 0.15) is 0 Å². The molecule has 0 aromatic rings. The van der Waals surface area contributed by atoms with Crippen LogP contribution in [0.2, 0.25) is 0 Å². The lowest BCUT2D eigenvalue weighted by molar-refractivity contribution is 0.268.